The van der Waals surface area contributed by atoms with Crippen LogP contribution in [-0.4, -0.2) is 55.2 Å². The SMILES string of the molecule is CCNC(=O)C1CNCCN1C1CCC(C(F)(F)F)CC1. The van der Waals surface area contributed by atoms with Crippen molar-refractivity contribution in [2.75, 3.05) is 26.2 Å². The van der Waals surface area contributed by atoms with E-state index in [4.69, 9.17) is 0 Å². The third-order valence-corrected chi connectivity index (χ3v) is 4.57. The van der Waals surface area contributed by atoms with Crippen LogP contribution in [0, 0.1) is 5.92 Å². The fourth-order valence-electron chi connectivity index (χ4n) is 3.43. The number of carbonyl (C=O) groups excluding carboxylic acids is 1. The fourth-order valence-corrected chi connectivity index (χ4v) is 3.43. The van der Waals surface area contributed by atoms with Gasteiger partial charge in [0.1, 0.15) is 6.04 Å². The molecule has 1 aliphatic heterocycles. The zero-order valence-corrected chi connectivity index (χ0v) is 12.4. The molecule has 4 nitrogen and oxygen atoms in total. The van der Waals surface area contributed by atoms with Gasteiger partial charge in [-0.25, -0.2) is 0 Å². The molecule has 1 saturated heterocycles. The molecule has 0 aromatic carbocycles. The van der Waals surface area contributed by atoms with E-state index in [0.29, 0.717) is 25.9 Å². The molecule has 0 aromatic rings. The molecule has 1 unspecified atom stereocenters. The largest absolute Gasteiger partial charge is 0.391 e. The van der Waals surface area contributed by atoms with E-state index in [-0.39, 0.29) is 30.8 Å². The highest BCUT2D eigenvalue weighted by molar-refractivity contribution is 5.82. The highest BCUT2D eigenvalue weighted by atomic mass is 19.4. The molecular formula is C14H24F3N3O. The van der Waals surface area contributed by atoms with Crippen LogP contribution in [-0.2, 0) is 4.79 Å². The number of amides is 1. The maximum absolute atomic E-state index is 12.7. The number of nitrogens with zero attached hydrogens (tertiary/aromatic N) is 1. The molecule has 1 atom stereocenters. The van der Waals surface area contributed by atoms with E-state index >= 15 is 0 Å². The van der Waals surface area contributed by atoms with Crippen LogP contribution in [0.1, 0.15) is 32.6 Å². The lowest BCUT2D eigenvalue weighted by Crippen LogP contribution is -2.61. The Bertz CT molecular complexity index is 354. The average molecular weight is 307 g/mol. The van der Waals surface area contributed by atoms with Crippen molar-refractivity contribution in [3.63, 3.8) is 0 Å². The van der Waals surface area contributed by atoms with Crippen LogP contribution in [0.15, 0.2) is 0 Å². The van der Waals surface area contributed by atoms with E-state index in [0.717, 1.165) is 13.1 Å². The van der Waals surface area contributed by atoms with Gasteiger partial charge in [0, 0.05) is 32.2 Å². The van der Waals surface area contributed by atoms with Gasteiger partial charge in [-0.15, -0.1) is 0 Å². The van der Waals surface area contributed by atoms with E-state index in [2.05, 4.69) is 15.5 Å². The predicted octanol–water partition coefficient (Wildman–Crippen LogP) is 1.52. The molecule has 122 valence electrons. The smallest absolute Gasteiger partial charge is 0.355 e. The summed E-state index contributed by atoms with van der Waals surface area (Å²) in [6.45, 7) is 4.53. The van der Waals surface area contributed by atoms with Crippen molar-refractivity contribution in [3.05, 3.63) is 0 Å². The lowest BCUT2D eigenvalue weighted by molar-refractivity contribution is -0.185. The minimum Gasteiger partial charge on any atom is -0.355 e. The zero-order chi connectivity index (χ0) is 15.5. The highest BCUT2D eigenvalue weighted by Gasteiger charge is 2.43. The predicted molar refractivity (Wildman–Crippen MR) is 73.8 cm³/mol. The number of hydrogen-bond donors (Lipinski definition) is 2. The second-order valence-electron chi connectivity index (χ2n) is 5.90. The third-order valence-electron chi connectivity index (χ3n) is 4.57. The number of alkyl halides is 3. The average Bonchev–Trinajstić information content (AvgIpc) is 2.47. The molecule has 2 fully saturated rings. The highest BCUT2D eigenvalue weighted by Crippen LogP contribution is 2.39. The van der Waals surface area contributed by atoms with Crippen molar-refractivity contribution < 1.29 is 18.0 Å². The maximum atomic E-state index is 12.7. The summed E-state index contributed by atoms with van der Waals surface area (Å²) in [6, 6.07) is -0.163. The molecule has 21 heavy (non-hydrogen) atoms. The number of piperazine rings is 1. The Balaban J connectivity index is 1.95. The van der Waals surface area contributed by atoms with E-state index in [1.165, 1.54) is 0 Å². The second kappa shape index (κ2) is 6.96. The first-order chi connectivity index (χ1) is 9.93. The molecule has 1 aliphatic carbocycles. The van der Waals surface area contributed by atoms with Gasteiger partial charge >= 0.3 is 6.18 Å². The minimum absolute atomic E-state index is 0.0253. The molecule has 0 spiro atoms. The summed E-state index contributed by atoms with van der Waals surface area (Å²) < 4.78 is 38.2. The number of nitrogens with one attached hydrogen (secondary N) is 2. The van der Waals surface area contributed by atoms with Gasteiger partial charge in [-0.3, -0.25) is 9.69 Å². The summed E-state index contributed by atoms with van der Waals surface area (Å²) in [5.41, 5.74) is 0. The molecular weight excluding hydrogens is 283 g/mol. The van der Waals surface area contributed by atoms with Crippen molar-refractivity contribution in [2.45, 2.75) is 50.9 Å². The van der Waals surface area contributed by atoms with Gasteiger partial charge < -0.3 is 10.6 Å². The van der Waals surface area contributed by atoms with Gasteiger partial charge in [-0.1, -0.05) is 0 Å². The summed E-state index contributed by atoms with van der Waals surface area (Å²) in [6.07, 6.45) is -2.66. The van der Waals surface area contributed by atoms with E-state index in [1.807, 2.05) is 6.92 Å². The van der Waals surface area contributed by atoms with Crippen molar-refractivity contribution in [3.8, 4) is 0 Å². The Morgan fingerprint density at radius 3 is 2.52 bits per heavy atom. The summed E-state index contributed by atoms with van der Waals surface area (Å²) in [5.74, 6) is -1.19. The van der Waals surface area contributed by atoms with Crippen molar-refractivity contribution >= 4 is 5.91 Å². The Morgan fingerprint density at radius 1 is 1.29 bits per heavy atom. The Hall–Kier alpha value is -0.820. The van der Waals surface area contributed by atoms with Gasteiger partial charge in [0.15, 0.2) is 0 Å². The van der Waals surface area contributed by atoms with Crippen molar-refractivity contribution in [1.82, 2.24) is 15.5 Å². The van der Waals surface area contributed by atoms with Crippen molar-refractivity contribution in [2.24, 2.45) is 5.92 Å². The summed E-state index contributed by atoms with van der Waals surface area (Å²) in [5, 5.41) is 6.01. The normalized spacial score (nSPS) is 31.9. The summed E-state index contributed by atoms with van der Waals surface area (Å²) in [7, 11) is 0. The van der Waals surface area contributed by atoms with Crippen molar-refractivity contribution in [1.29, 1.82) is 0 Å². The van der Waals surface area contributed by atoms with Crippen LogP contribution < -0.4 is 10.6 Å². The number of halogens is 3. The first-order valence-electron chi connectivity index (χ1n) is 7.74. The second-order valence-corrected chi connectivity index (χ2v) is 5.90. The van der Waals surface area contributed by atoms with Gasteiger partial charge in [0.25, 0.3) is 0 Å². The zero-order valence-electron chi connectivity index (χ0n) is 12.4. The Kier molecular flexibility index (Phi) is 5.48. The fraction of sp³-hybridized carbons (Fsp3) is 0.929. The lowest BCUT2D eigenvalue weighted by Gasteiger charge is -2.43. The Morgan fingerprint density at radius 2 is 1.95 bits per heavy atom. The summed E-state index contributed by atoms with van der Waals surface area (Å²) >= 11 is 0. The minimum atomic E-state index is -4.08. The van der Waals surface area contributed by atoms with Crippen LogP contribution in [0.3, 0.4) is 0 Å². The molecule has 2 aliphatic rings. The molecule has 1 heterocycles. The molecule has 2 N–H and O–H groups in total. The quantitative estimate of drug-likeness (QED) is 0.831. The molecule has 1 saturated carbocycles. The molecule has 2 rings (SSSR count). The first kappa shape index (κ1) is 16.5. The van der Waals surface area contributed by atoms with Crippen LogP contribution in [0.4, 0.5) is 13.2 Å². The third kappa shape index (κ3) is 4.10. The van der Waals surface area contributed by atoms with E-state index in [9.17, 15) is 18.0 Å². The van der Waals surface area contributed by atoms with Gasteiger partial charge in [0.05, 0.1) is 5.92 Å². The molecule has 0 radical (unpaired) electrons. The Labute approximate surface area is 123 Å². The van der Waals surface area contributed by atoms with Crippen LogP contribution in [0.2, 0.25) is 0 Å². The molecule has 1 amide bonds. The van der Waals surface area contributed by atoms with Gasteiger partial charge in [-0.2, -0.15) is 13.2 Å². The van der Waals surface area contributed by atoms with Crippen LogP contribution in [0.5, 0.6) is 0 Å². The monoisotopic (exact) mass is 307 g/mol. The molecule has 0 aromatic heterocycles. The topological polar surface area (TPSA) is 44.4 Å². The van der Waals surface area contributed by atoms with E-state index in [1.54, 1.807) is 0 Å². The number of likely N-dealkylation sites (N-methyl/N-ethyl adjacent to an activating group) is 1. The molecule has 0 bridgehead atoms. The van der Waals surface area contributed by atoms with Gasteiger partial charge in [0.2, 0.25) is 5.91 Å². The lowest BCUT2D eigenvalue weighted by atomic mass is 9.84. The first-order valence-corrected chi connectivity index (χ1v) is 7.74. The van der Waals surface area contributed by atoms with Gasteiger partial charge in [-0.05, 0) is 32.6 Å². The summed E-state index contributed by atoms with van der Waals surface area (Å²) in [4.78, 5) is 14.2. The van der Waals surface area contributed by atoms with E-state index < -0.39 is 12.1 Å². The number of hydrogen-bond acceptors (Lipinski definition) is 3. The van der Waals surface area contributed by atoms with Crippen LogP contribution >= 0.6 is 0 Å². The number of carbonyl (C=O) groups is 1. The maximum Gasteiger partial charge on any atom is 0.391 e. The number of rotatable bonds is 3. The van der Waals surface area contributed by atoms with Crippen LogP contribution in [0.25, 0.3) is 0 Å². The molecule has 7 heteroatoms. The standard InChI is InChI=1S/C14H24F3N3O/c1-2-19-13(21)12-9-18-7-8-20(12)11-5-3-10(4-6-11)14(15,16)17/h10-12,18H,2-9H2,1H3,(H,19,21).